The van der Waals surface area contributed by atoms with Gasteiger partial charge in [-0.05, 0) is 35.9 Å². The van der Waals surface area contributed by atoms with Gasteiger partial charge in [-0.2, -0.15) is 0 Å². The van der Waals surface area contributed by atoms with E-state index in [1.54, 1.807) is 28.4 Å². The number of hydrogen-bond acceptors (Lipinski definition) is 6. The number of benzene rings is 2. The molecule has 4 aromatic rings. The van der Waals surface area contributed by atoms with E-state index in [-0.39, 0.29) is 5.56 Å². The lowest BCUT2D eigenvalue weighted by Gasteiger charge is -2.29. The van der Waals surface area contributed by atoms with Crippen LogP contribution in [-0.2, 0) is 25.4 Å². The number of aryl methyl sites for hydroxylation is 1. The number of rotatable bonds is 5. The third kappa shape index (κ3) is 3.34. The van der Waals surface area contributed by atoms with Crippen molar-refractivity contribution < 1.29 is 18.9 Å². The van der Waals surface area contributed by atoms with Crippen molar-refractivity contribution in [2.75, 3.05) is 27.9 Å². The van der Waals surface area contributed by atoms with Crippen molar-refractivity contribution in [2.45, 2.75) is 12.6 Å². The summed E-state index contributed by atoms with van der Waals surface area (Å²) >= 11 is 0. The zero-order valence-corrected chi connectivity index (χ0v) is 20.3. The van der Waals surface area contributed by atoms with Crippen molar-refractivity contribution in [2.24, 2.45) is 14.1 Å². The molecule has 0 fully saturated rings. The van der Waals surface area contributed by atoms with Gasteiger partial charge in [-0.1, -0.05) is 12.1 Å². The van der Waals surface area contributed by atoms with Gasteiger partial charge in [-0.3, -0.25) is 13.9 Å². The van der Waals surface area contributed by atoms with E-state index >= 15 is 0 Å². The molecule has 0 N–H and O–H groups in total. The van der Waals surface area contributed by atoms with Crippen molar-refractivity contribution in [3.05, 3.63) is 74.6 Å². The molecule has 0 saturated carbocycles. The fourth-order valence-corrected chi connectivity index (χ4v) is 4.98. The van der Waals surface area contributed by atoms with Gasteiger partial charge < -0.3 is 23.5 Å². The molecule has 3 heterocycles. The third-order valence-electron chi connectivity index (χ3n) is 6.63. The lowest BCUT2D eigenvalue weighted by molar-refractivity contribution is 0.0462. The van der Waals surface area contributed by atoms with Crippen LogP contribution in [-0.4, -0.2) is 41.6 Å². The summed E-state index contributed by atoms with van der Waals surface area (Å²) in [5, 5.41) is 0.465. The van der Waals surface area contributed by atoms with E-state index in [2.05, 4.69) is 4.57 Å². The average Bonchev–Trinajstić information content (AvgIpc) is 3.25. The minimum Gasteiger partial charge on any atom is -0.497 e. The molecule has 9 nitrogen and oxygen atoms in total. The second-order valence-corrected chi connectivity index (χ2v) is 8.38. The SMILES string of the molecule is COc1ccc(-c2c3c(=O)n(C)c(=O)n(C)c3c3n2CCO[C@@H]3c2cccc(OC)c2OC)cc1. The second-order valence-electron chi connectivity index (χ2n) is 8.38. The lowest BCUT2D eigenvalue weighted by atomic mass is 10.0. The van der Waals surface area contributed by atoms with E-state index in [9.17, 15) is 9.59 Å². The predicted octanol–water partition coefficient (Wildman–Crippen LogP) is 2.85. The minimum atomic E-state index is -0.582. The Morgan fingerprint density at radius 1 is 0.914 bits per heavy atom. The van der Waals surface area contributed by atoms with Gasteiger partial charge in [-0.25, -0.2) is 4.79 Å². The van der Waals surface area contributed by atoms with Crippen LogP contribution in [0.3, 0.4) is 0 Å². The Bertz CT molecular complexity index is 1550. The number of ether oxygens (including phenoxy) is 4. The smallest absolute Gasteiger partial charge is 0.331 e. The van der Waals surface area contributed by atoms with Crippen LogP contribution in [0.25, 0.3) is 22.2 Å². The average molecular weight is 478 g/mol. The lowest BCUT2D eigenvalue weighted by Crippen LogP contribution is -2.37. The maximum atomic E-state index is 13.5. The molecule has 0 saturated heterocycles. The summed E-state index contributed by atoms with van der Waals surface area (Å²) in [4.78, 5) is 26.5. The van der Waals surface area contributed by atoms with Crippen molar-refractivity contribution in [3.63, 3.8) is 0 Å². The Labute approximate surface area is 201 Å². The van der Waals surface area contributed by atoms with Crippen LogP contribution in [0.1, 0.15) is 17.4 Å². The summed E-state index contributed by atoms with van der Waals surface area (Å²) in [7, 11) is 7.94. The van der Waals surface area contributed by atoms with Gasteiger partial charge >= 0.3 is 5.69 Å². The highest BCUT2D eigenvalue weighted by Gasteiger charge is 2.35. The number of fused-ring (bicyclic) bond motifs is 3. The highest BCUT2D eigenvalue weighted by molar-refractivity contribution is 5.96. The Hall–Kier alpha value is -3.98. The largest absolute Gasteiger partial charge is 0.497 e. The minimum absolute atomic E-state index is 0.354. The molecule has 0 amide bonds. The van der Waals surface area contributed by atoms with E-state index in [4.69, 9.17) is 18.9 Å². The van der Waals surface area contributed by atoms with Gasteiger partial charge in [0.05, 0.1) is 50.2 Å². The standard InChI is InChI=1S/C26H27N3O6/c1-27-21-19(25(30)28(2)26(27)31)20(15-9-11-16(32-3)12-10-15)29-13-14-35-24(22(21)29)17-7-6-8-18(33-4)23(17)34-5/h6-12,24H,13-14H2,1-5H3/t24-/m1/s1. The van der Waals surface area contributed by atoms with E-state index in [1.807, 2.05) is 42.5 Å². The van der Waals surface area contributed by atoms with Gasteiger partial charge in [0.15, 0.2) is 11.5 Å². The quantitative estimate of drug-likeness (QED) is 0.440. The van der Waals surface area contributed by atoms with Gasteiger partial charge in [0.2, 0.25) is 0 Å². The van der Waals surface area contributed by atoms with E-state index < -0.39 is 11.8 Å². The summed E-state index contributed by atoms with van der Waals surface area (Å²) in [6.45, 7) is 0.932. The van der Waals surface area contributed by atoms with Gasteiger partial charge in [0, 0.05) is 26.2 Å². The van der Waals surface area contributed by atoms with Crippen LogP contribution in [0, 0.1) is 0 Å². The maximum absolute atomic E-state index is 13.5. The van der Waals surface area contributed by atoms with Crippen LogP contribution in [0.2, 0.25) is 0 Å². The second kappa shape index (κ2) is 8.66. The molecule has 1 aliphatic heterocycles. The first-order chi connectivity index (χ1) is 16.9. The molecule has 1 atom stereocenters. The zero-order valence-electron chi connectivity index (χ0n) is 20.3. The molecular weight excluding hydrogens is 450 g/mol. The monoisotopic (exact) mass is 477 g/mol. The van der Waals surface area contributed by atoms with Crippen molar-refractivity contribution in [3.8, 4) is 28.5 Å². The molecule has 1 aliphatic rings. The summed E-state index contributed by atoms with van der Waals surface area (Å²) in [6.07, 6.45) is -0.582. The van der Waals surface area contributed by atoms with E-state index in [0.29, 0.717) is 41.3 Å². The normalized spacial score (nSPS) is 15.2. The number of aromatic nitrogens is 3. The van der Waals surface area contributed by atoms with Crippen LogP contribution < -0.4 is 25.5 Å². The van der Waals surface area contributed by atoms with Crippen molar-refractivity contribution in [1.29, 1.82) is 0 Å². The molecule has 0 spiro atoms. The molecule has 0 aliphatic carbocycles. The van der Waals surface area contributed by atoms with Crippen molar-refractivity contribution in [1.82, 2.24) is 13.7 Å². The van der Waals surface area contributed by atoms with Crippen LogP contribution >= 0.6 is 0 Å². The highest BCUT2D eigenvalue weighted by atomic mass is 16.5. The third-order valence-corrected chi connectivity index (χ3v) is 6.63. The fraction of sp³-hybridized carbons (Fsp3) is 0.308. The molecule has 182 valence electrons. The van der Waals surface area contributed by atoms with Crippen LogP contribution in [0.5, 0.6) is 17.2 Å². The molecule has 35 heavy (non-hydrogen) atoms. The van der Waals surface area contributed by atoms with Crippen molar-refractivity contribution >= 4 is 10.9 Å². The van der Waals surface area contributed by atoms with Crippen LogP contribution in [0.4, 0.5) is 0 Å². The molecule has 9 heteroatoms. The molecule has 5 rings (SSSR count). The number of hydrogen-bond donors (Lipinski definition) is 0. The summed E-state index contributed by atoms with van der Waals surface area (Å²) in [6, 6.07) is 13.1. The Morgan fingerprint density at radius 2 is 1.66 bits per heavy atom. The first-order valence-electron chi connectivity index (χ1n) is 11.2. The van der Waals surface area contributed by atoms with Gasteiger partial charge in [-0.15, -0.1) is 0 Å². The Kier molecular flexibility index (Phi) is 5.64. The molecule has 0 bridgehead atoms. The first kappa shape index (κ1) is 22.8. The van der Waals surface area contributed by atoms with E-state index in [0.717, 1.165) is 27.1 Å². The summed E-state index contributed by atoms with van der Waals surface area (Å²) in [5.74, 6) is 1.83. The Balaban J connectivity index is 1.91. The predicted molar refractivity (Wildman–Crippen MR) is 132 cm³/mol. The van der Waals surface area contributed by atoms with Gasteiger partial charge in [0.25, 0.3) is 5.56 Å². The first-order valence-corrected chi connectivity index (χ1v) is 11.2. The summed E-state index contributed by atoms with van der Waals surface area (Å²) in [5.41, 5.74) is 2.84. The molecule has 0 radical (unpaired) electrons. The highest BCUT2D eigenvalue weighted by Crippen LogP contribution is 2.45. The molecule has 2 aromatic carbocycles. The molecule has 2 aromatic heterocycles. The topological polar surface area (TPSA) is 85.9 Å². The molecular formula is C26H27N3O6. The maximum Gasteiger partial charge on any atom is 0.331 e. The zero-order chi connectivity index (χ0) is 24.9. The van der Waals surface area contributed by atoms with Crippen LogP contribution in [0.15, 0.2) is 52.1 Å². The summed E-state index contributed by atoms with van der Waals surface area (Å²) < 4.78 is 27.6. The number of para-hydroxylation sites is 1. The number of methoxy groups -OCH3 is 3. The van der Waals surface area contributed by atoms with Gasteiger partial charge in [0.1, 0.15) is 11.9 Å². The number of nitrogens with zero attached hydrogens (tertiary/aromatic N) is 3. The fourth-order valence-electron chi connectivity index (χ4n) is 4.98. The van der Waals surface area contributed by atoms with E-state index in [1.165, 1.54) is 11.6 Å². The molecule has 0 unspecified atom stereocenters. The Morgan fingerprint density at radius 3 is 2.31 bits per heavy atom.